The molecule has 7 heteroatoms. The molecule has 0 aliphatic rings. The lowest BCUT2D eigenvalue weighted by Crippen LogP contribution is -2.40. The van der Waals surface area contributed by atoms with Crippen molar-refractivity contribution in [2.75, 3.05) is 5.73 Å². The number of carboxylic acids is 1. The van der Waals surface area contributed by atoms with Crippen LogP contribution in [-0.2, 0) is 4.79 Å². The number of nitrogens with one attached hydrogen (secondary N) is 1. The lowest BCUT2D eigenvalue weighted by Gasteiger charge is -2.11. The van der Waals surface area contributed by atoms with E-state index in [4.69, 9.17) is 10.8 Å². The van der Waals surface area contributed by atoms with Gasteiger partial charge in [0.2, 0.25) is 0 Å². The molecular weight excluding hydrogens is 230 g/mol. The number of aliphatic carboxylic acids is 1. The number of anilines is 1. The number of nitrogen functional groups attached to an aromatic ring is 1. The molecule has 0 saturated carbocycles. The van der Waals surface area contributed by atoms with Gasteiger partial charge in [0.15, 0.2) is 5.13 Å². The van der Waals surface area contributed by atoms with Crippen molar-refractivity contribution in [2.24, 2.45) is 0 Å². The van der Waals surface area contributed by atoms with Crippen LogP contribution in [0.1, 0.15) is 28.7 Å². The molecule has 0 saturated heterocycles. The van der Waals surface area contributed by atoms with Gasteiger partial charge in [-0.05, 0) is 13.3 Å². The molecule has 1 atom stereocenters. The van der Waals surface area contributed by atoms with Crippen molar-refractivity contribution in [1.82, 2.24) is 10.3 Å². The molecular formula is C9H13N3O3S. The average molecular weight is 243 g/mol. The summed E-state index contributed by atoms with van der Waals surface area (Å²) in [7, 11) is 0. The Balaban J connectivity index is 2.79. The molecule has 1 unspecified atom stereocenters. The second kappa shape index (κ2) is 4.93. The number of rotatable bonds is 4. The number of carbonyl (C=O) groups is 2. The quantitative estimate of drug-likeness (QED) is 0.719. The fraction of sp³-hybridized carbons (Fsp3) is 0.444. The lowest BCUT2D eigenvalue weighted by molar-refractivity contribution is -0.139. The summed E-state index contributed by atoms with van der Waals surface area (Å²) in [6.07, 6.45) is 0.328. The number of nitrogens with two attached hydrogens (primary N) is 1. The highest BCUT2D eigenvalue weighted by atomic mass is 32.1. The van der Waals surface area contributed by atoms with Crippen LogP contribution < -0.4 is 11.1 Å². The third kappa shape index (κ3) is 2.69. The summed E-state index contributed by atoms with van der Waals surface area (Å²) in [5, 5.41) is 11.5. The van der Waals surface area contributed by atoms with E-state index in [1.54, 1.807) is 13.8 Å². The highest BCUT2D eigenvalue weighted by Gasteiger charge is 2.21. The molecule has 4 N–H and O–H groups in total. The maximum absolute atomic E-state index is 11.7. The predicted molar refractivity (Wildman–Crippen MR) is 60.4 cm³/mol. The van der Waals surface area contributed by atoms with E-state index >= 15 is 0 Å². The number of aromatic nitrogens is 1. The van der Waals surface area contributed by atoms with Crippen molar-refractivity contribution in [2.45, 2.75) is 26.3 Å². The summed E-state index contributed by atoms with van der Waals surface area (Å²) in [5.74, 6) is -1.49. The Morgan fingerprint density at radius 1 is 1.62 bits per heavy atom. The summed E-state index contributed by atoms with van der Waals surface area (Å²) in [4.78, 5) is 26.7. The van der Waals surface area contributed by atoms with E-state index in [-0.39, 0.29) is 0 Å². The largest absolute Gasteiger partial charge is 0.480 e. The first kappa shape index (κ1) is 12.4. The van der Waals surface area contributed by atoms with Gasteiger partial charge >= 0.3 is 5.97 Å². The van der Waals surface area contributed by atoms with E-state index in [1.807, 2.05) is 0 Å². The summed E-state index contributed by atoms with van der Waals surface area (Å²) >= 11 is 1.05. The topological polar surface area (TPSA) is 105 Å². The smallest absolute Gasteiger partial charge is 0.326 e. The van der Waals surface area contributed by atoms with Gasteiger partial charge in [0.25, 0.3) is 5.91 Å². The molecule has 0 aliphatic heterocycles. The number of thiazole rings is 1. The van der Waals surface area contributed by atoms with Gasteiger partial charge in [-0.1, -0.05) is 18.3 Å². The van der Waals surface area contributed by atoms with Gasteiger partial charge in [-0.25, -0.2) is 9.78 Å². The molecule has 0 aliphatic carbocycles. The Kier molecular flexibility index (Phi) is 3.83. The van der Waals surface area contributed by atoms with E-state index in [9.17, 15) is 9.59 Å². The van der Waals surface area contributed by atoms with Crippen LogP contribution in [0.4, 0.5) is 5.13 Å². The standard InChI is InChI=1S/C9H13N3O3S/c1-3-5(8(14)15)12-7(13)6-4(2)11-9(10)16-6/h5H,3H2,1-2H3,(H2,10,11)(H,12,13)(H,14,15). The highest BCUT2D eigenvalue weighted by molar-refractivity contribution is 7.17. The third-order valence-corrected chi connectivity index (χ3v) is 3.02. The maximum atomic E-state index is 11.7. The molecule has 1 aromatic rings. The van der Waals surface area contributed by atoms with Crippen LogP contribution >= 0.6 is 11.3 Å². The van der Waals surface area contributed by atoms with Crippen molar-refractivity contribution in [3.63, 3.8) is 0 Å². The van der Waals surface area contributed by atoms with Crippen LogP contribution in [0, 0.1) is 6.92 Å². The van der Waals surface area contributed by atoms with Gasteiger partial charge in [-0.15, -0.1) is 0 Å². The van der Waals surface area contributed by atoms with Crippen molar-refractivity contribution < 1.29 is 14.7 Å². The number of aryl methyl sites for hydroxylation is 1. The first-order valence-corrected chi connectivity index (χ1v) is 5.54. The minimum Gasteiger partial charge on any atom is -0.480 e. The van der Waals surface area contributed by atoms with Crippen LogP contribution in [0.3, 0.4) is 0 Å². The Hall–Kier alpha value is -1.63. The van der Waals surface area contributed by atoms with Crippen molar-refractivity contribution in [3.8, 4) is 0 Å². The van der Waals surface area contributed by atoms with Gasteiger partial charge in [0.1, 0.15) is 10.9 Å². The first-order valence-electron chi connectivity index (χ1n) is 4.72. The normalized spacial score (nSPS) is 12.1. The van der Waals surface area contributed by atoms with Crippen LogP contribution in [0.15, 0.2) is 0 Å². The number of nitrogens with zero attached hydrogens (tertiary/aromatic N) is 1. The molecule has 88 valence electrons. The molecule has 0 aromatic carbocycles. The zero-order chi connectivity index (χ0) is 12.3. The summed E-state index contributed by atoms with van der Waals surface area (Å²) in [6.45, 7) is 3.34. The Bertz CT molecular complexity index is 416. The van der Waals surface area contributed by atoms with Crippen molar-refractivity contribution in [1.29, 1.82) is 0 Å². The highest BCUT2D eigenvalue weighted by Crippen LogP contribution is 2.19. The van der Waals surface area contributed by atoms with E-state index in [0.717, 1.165) is 11.3 Å². The predicted octanol–water partition coefficient (Wildman–Crippen LogP) is 0.627. The summed E-state index contributed by atoms with van der Waals surface area (Å²) in [6, 6.07) is -0.879. The molecule has 1 rings (SSSR count). The Labute approximate surface area is 96.5 Å². The zero-order valence-electron chi connectivity index (χ0n) is 8.98. The molecule has 1 aromatic heterocycles. The van der Waals surface area contributed by atoms with Crippen LogP contribution in [0.5, 0.6) is 0 Å². The fourth-order valence-electron chi connectivity index (χ4n) is 1.19. The van der Waals surface area contributed by atoms with E-state index < -0.39 is 17.9 Å². The van der Waals surface area contributed by atoms with Crippen molar-refractivity contribution in [3.05, 3.63) is 10.6 Å². The van der Waals surface area contributed by atoms with Gasteiger partial charge in [-0.2, -0.15) is 0 Å². The molecule has 0 radical (unpaired) electrons. The number of hydrogen-bond donors (Lipinski definition) is 3. The molecule has 0 fully saturated rings. The van der Waals surface area contributed by atoms with E-state index in [2.05, 4.69) is 10.3 Å². The second-order valence-electron chi connectivity index (χ2n) is 3.24. The first-order chi connectivity index (χ1) is 7.45. The molecule has 1 heterocycles. The van der Waals surface area contributed by atoms with Gasteiger partial charge in [0.05, 0.1) is 5.69 Å². The van der Waals surface area contributed by atoms with Crippen LogP contribution in [0.2, 0.25) is 0 Å². The summed E-state index contributed by atoms with van der Waals surface area (Å²) in [5.41, 5.74) is 5.97. The molecule has 1 amide bonds. The second-order valence-corrected chi connectivity index (χ2v) is 4.27. The number of carbonyl (C=O) groups excluding carboxylic acids is 1. The Morgan fingerprint density at radius 3 is 2.62 bits per heavy atom. The maximum Gasteiger partial charge on any atom is 0.326 e. The molecule has 16 heavy (non-hydrogen) atoms. The van der Waals surface area contributed by atoms with Crippen LogP contribution in [0.25, 0.3) is 0 Å². The minimum absolute atomic E-state index is 0.297. The SMILES string of the molecule is CCC(NC(=O)c1sc(N)nc1C)C(=O)O. The van der Waals surface area contributed by atoms with Gasteiger partial charge in [-0.3, -0.25) is 4.79 Å². The average Bonchev–Trinajstić information content (AvgIpc) is 2.53. The van der Waals surface area contributed by atoms with Crippen LogP contribution in [-0.4, -0.2) is 28.0 Å². The molecule has 0 bridgehead atoms. The fourth-order valence-corrected chi connectivity index (χ4v) is 1.93. The monoisotopic (exact) mass is 243 g/mol. The molecule has 0 spiro atoms. The lowest BCUT2D eigenvalue weighted by atomic mass is 10.2. The van der Waals surface area contributed by atoms with Crippen molar-refractivity contribution >= 4 is 28.3 Å². The summed E-state index contributed by atoms with van der Waals surface area (Å²) < 4.78 is 0. The number of carboxylic acid groups (broad SMARTS) is 1. The minimum atomic E-state index is -1.05. The zero-order valence-corrected chi connectivity index (χ0v) is 9.80. The van der Waals surface area contributed by atoms with Gasteiger partial charge in [0, 0.05) is 0 Å². The van der Waals surface area contributed by atoms with E-state index in [0.29, 0.717) is 22.1 Å². The third-order valence-electron chi connectivity index (χ3n) is 2.03. The number of hydrogen-bond acceptors (Lipinski definition) is 5. The van der Waals surface area contributed by atoms with Gasteiger partial charge < -0.3 is 16.2 Å². The molecule has 6 nitrogen and oxygen atoms in total. The number of amides is 1. The Morgan fingerprint density at radius 2 is 2.25 bits per heavy atom. The van der Waals surface area contributed by atoms with E-state index in [1.165, 1.54) is 0 Å².